The fourth-order valence-electron chi connectivity index (χ4n) is 1.22. The molecule has 3 N–H and O–H groups in total. The van der Waals surface area contributed by atoms with Crippen molar-refractivity contribution in [1.82, 2.24) is 10.4 Å². The Morgan fingerprint density at radius 1 is 1.36 bits per heavy atom. The van der Waals surface area contributed by atoms with E-state index in [1.165, 1.54) is 0 Å². The van der Waals surface area contributed by atoms with Gasteiger partial charge >= 0.3 is 0 Å². The lowest BCUT2D eigenvalue weighted by atomic mass is 10.2. The first-order valence-corrected chi connectivity index (χ1v) is 4.50. The highest BCUT2D eigenvalue weighted by Crippen LogP contribution is 1.97. The van der Waals surface area contributed by atoms with Crippen LogP contribution in [-0.2, 0) is 0 Å². The summed E-state index contributed by atoms with van der Waals surface area (Å²) in [5, 5.41) is 2.21. The number of hydrogen-bond donors (Lipinski definition) is 2. The summed E-state index contributed by atoms with van der Waals surface area (Å²) in [6.07, 6.45) is 1.11. The molecule has 0 spiro atoms. The Kier molecular flexibility index (Phi) is 6.51. The van der Waals surface area contributed by atoms with Gasteiger partial charge in [-0.1, -0.05) is 20.8 Å². The minimum atomic E-state index is 0.486. The van der Waals surface area contributed by atoms with E-state index in [4.69, 9.17) is 5.73 Å². The van der Waals surface area contributed by atoms with E-state index in [-0.39, 0.29) is 0 Å². The lowest BCUT2D eigenvalue weighted by Crippen LogP contribution is -2.48. The highest BCUT2D eigenvalue weighted by molar-refractivity contribution is 4.65. The smallest absolute Gasteiger partial charge is 0.0363 e. The summed E-state index contributed by atoms with van der Waals surface area (Å²) in [4.78, 5) is 0. The van der Waals surface area contributed by atoms with Crippen molar-refractivity contribution in [3.63, 3.8) is 0 Å². The van der Waals surface area contributed by atoms with Crippen molar-refractivity contribution in [1.29, 1.82) is 0 Å². The second kappa shape index (κ2) is 6.58. The molecule has 0 aliphatic carbocycles. The van der Waals surface area contributed by atoms with Crippen molar-refractivity contribution in [2.24, 2.45) is 5.73 Å². The standard InChI is InChI=1S/C8H21N3/c1-4-8(7-9)11(6-3)10-5-2/h8,10H,4-7,9H2,1-3H3. The van der Waals surface area contributed by atoms with Gasteiger partial charge in [-0.2, -0.15) is 0 Å². The van der Waals surface area contributed by atoms with E-state index in [0.717, 1.165) is 26.1 Å². The SMILES string of the molecule is CCNN(CC)C(CC)CN. The second-order valence-corrected chi connectivity index (χ2v) is 2.60. The van der Waals surface area contributed by atoms with E-state index in [2.05, 4.69) is 31.2 Å². The minimum absolute atomic E-state index is 0.486. The maximum Gasteiger partial charge on any atom is 0.0363 e. The van der Waals surface area contributed by atoms with E-state index < -0.39 is 0 Å². The van der Waals surface area contributed by atoms with Gasteiger partial charge in [0, 0.05) is 25.7 Å². The van der Waals surface area contributed by atoms with Crippen LogP contribution in [-0.4, -0.2) is 30.7 Å². The summed E-state index contributed by atoms with van der Waals surface area (Å²) in [6.45, 7) is 9.13. The zero-order valence-corrected chi connectivity index (χ0v) is 7.93. The molecule has 0 aliphatic heterocycles. The van der Waals surface area contributed by atoms with E-state index in [9.17, 15) is 0 Å². The molecule has 0 heterocycles. The first-order valence-electron chi connectivity index (χ1n) is 4.50. The third-order valence-corrected chi connectivity index (χ3v) is 1.89. The van der Waals surface area contributed by atoms with Crippen LogP contribution in [0.1, 0.15) is 27.2 Å². The summed E-state index contributed by atoms with van der Waals surface area (Å²) in [7, 11) is 0. The molecular formula is C8H21N3. The normalized spacial score (nSPS) is 13.9. The zero-order chi connectivity index (χ0) is 8.69. The molecule has 0 saturated heterocycles. The van der Waals surface area contributed by atoms with Crippen LogP contribution < -0.4 is 11.2 Å². The largest absolute Gasteiger partial charge is 0.329 e. The predicted molar refractivity (Wildman–Crippen MR) is 49.2 cm³/mol. The van der Waals surface area contributed by atoms with Gasteiger partial charge in [-0.15, -0.1) is 0 Å². The Morgan fingerprint density at radius 3 is 2.27 bits per heavy atom. The molecule has 1 unspecified atom stereocenters. The van der Waals surface area contributed by atoms with Crippen molar-refractivity contribution in [2.75, 3.05) is 19.6 Å². The molecule has 0 rings (SSSR count). The van der Waals surface area contributed by atoms with Crippen molar-refractivity contribution in [3.8, 4) is 0 Å². The highest BCUT2D eigenvalue weighted by atomic mass is 15.5. The first-order chi connectivity index (χ1) is 5.29. The van der Waals surface area contributed by atoms with Crippen LogP contribution >= 0.6 is 0 Å². The van der Waals surface area contributed by atoms with E-state index >= 15 is 0 Å². The molecule has 0 aliphatic rings. The number of likely N-dealkylation sites (N-methyl/N-ethyl adjacent to an activating group) is 1. The van der Waals surface area contributed by atoms with Gasteiger partial charge in [-0.05, 0) is 6.42 Å². The number of hydrazine groups is 1. The van der Waals surface area contributed by atoms with Gasteiger partial charge in [0.15, 0.2) is 0 Å². The second-order valence-electron chi connectivity index (χ2n) is 2.60. The Balaban J connectivity index is 3.76. The molecule has 68 valence electrons. The Morgan fingerprint density at radius 2 is 2.00 bits per heavy atom. The quantitative estimate of drug-likeness (QED) is 0.557. The van der Waals surface area contributed by atoms with Crippen LogP contribution in [0.5, 0.6) is 0 Å². The first kappa shape index (κ1) is 10.9. The Labute approximate surface area is 69.9 Å². The van der Waals surface area contributed by atoms with Gasteiger partial charge in [0.05, 0.1) is 0 Å². The molecule has 3 nitrogen and oxygen atoms in total. The molecule has 0 aromatic rings. The highest BCUT2D eigenvalue weighted by Gasteiger charge is 2.10. The molecule has 0 amide bonds. The van der Waals surface area contributed by atoms with Crippen LogP contribution in [0.25, 0.3) is 0 Å². The van der Waals surface area contributed by atoms with Crippen molar-refractivity contribution < 1.29 is 0 Å². The fourth-order valence-corrected chi connectivity index (χ4v) is 1.22. The van der Waals surface area contributed by atoms with Crippen molar-refractivity contribution in [3.05, 3.63) is 0 Å². The Bertz CT molecular complexity index is 81.4. The third-order valence-electron chi connectivity index (χ3n) is 1.89. The molecule has 0 saturated carbocycles. The number of hydrogen-bond acceptors (Lipinski definition) is 3. The topological polar surface area (TPSA) is 41.3 Å². The van der Waals surface area contributed by atoms with Crippen LogP contribution in [0.4, 0.5) is 0 Å². The van der Waals surface area contributed by atoms with Gasteiger partial charge < -0.3 is 5.73 Å². The van der Waals surface area contributed by atoms with E-state index in [0.29, 0.717) is 6.04 Å². The zero-order valence-electron chi connectivity index (χ0n) is 7.93. The maximum atomic E-state index is 5.61. The molecule has 11 heavy (non-hydrogen) atoms. The molecule has 0 fully saturated rings. The number of nitrogens with zero attached hydrogens (tertiary/aromatic N) is 1. The van der Waals surface area contributed by atoms with Crippen molar-refractivity contribution in [2.45, 2.75) is 33.2 Å². The summed E-state index contributed by atoms with van der Waals surface area (Å²) >= 11 is 0. The summed E-state index contributed by atoms with van der Waals surface area (Å²) in [5.74, 6) is 0. The number of rotatable bonds is 6. The number of nitrogens with two attached hydrogens (primary N) is 1. The lowest BCUT2D eigenvalue weighted by Gasteiger charge is -2.28. The van der Waals surface area contributed by atoms with Crippen LogP contribution in [0.2, 0.25) is 0 Å². The van der Waals surface area contributed by atoms with Crippen LogP contribution in [0, 0.1) is 0 Å². The summed E-state index contributed by atoms with van der Waals surface area (Å²) in [5.41, 5.74) is 8.90. The summed E-state index contributed by atoms with van der Waals surface area (Å²) < 4.78 is 0. The molecule has 3 heteroatoms. The lowest BCUT2D eigenvalue weighted by molar-refractivity contribution is 0.135. The maximum absolute atomic E-state index is 5.61. The monoisotopic (exact) mass is 159 g/mol. The van der Waals surface area contributed by atoms with Gasteiger partial charge in [0.2, 0.25) is 0 Å². The predicted octanol–water partition coefficient (Wildman–Crippen LogP) is 0.570. The van der Waals surface area contributed by atoms with E-state index in [1.54, 1.807) is 0 Å². The Hall–Kier alpha value is -0.120. The van der Waals surface area contributed by atoms with Gasteiger partial charge in [-0.3, -0.25) is 5.43 Å². The molecule has 0 aromatic carbocycles. The average Bonchev–Trinajstić information content (AvgIpc) is 2.05. The van der Waals surface area contributed by atoms with Crippen molar-refractivity contribution >= 4 is 0 Å². The molecule has 0 radical (unpaired) electrons. The fraction of sp³-hybridized carbons (Fsp3) is 1.00. The minimum Gasteiger partial charge on any atom is -0.329 e. The van der Waals surface area contributed by atoms with Crippen LogP contribution in [0.3, 0.4) is 0 Å². The average molecular weight is 159 g/mol. The number of nitrogens with one attached hydrogen (secondary N) is 1. The van der Waals surface area contributed by atoms with Gasteiger partial charge in [0.1, 0.15) is 0 Å². The molecule has 0 aromatic heterocycles. The third kappa shape index (κ3) is 3.70. The van der Waals surface area contributed by atoms with Gasteiger partial charge in [-0.25, -0.2) is 5.01 Å². The molecule has 1 atom stereocenters. The molecule has 0 bridgehead atoms. The van der Waals surface area contributed by atoms with E-state index in [1.807, 2.05) is 0 Å². The van der Waals surface area contributed by atoms with Gasteiger partial charge in [0.25, 0.3) is 0 Å². The molecular weight excluding hydrogens is 138 g/mol. The van der Waals surface area contributed by atoms with Crippen LogP contribution in [0.15, 0.2) is 0 Å². The summed E-state index contributed by atoms with van der Waals surface area (Å²) in [6, 6.07) is 0.486.